The minimum absolute atomic E-state index is 0.0921. The van der Waals surface area contributed by atoms with Crippen LogP contribution in [0.4, 0.5) is 0 Å². The van der Waals surface area contributed by atoms with Gasteiger partial charge in [-0.3, -0.25) is 4.79 Å². The fourth-order valence-corrected chi connectivity index (χ4v) is 2.99. The van der Waals surface area contributed by atoms with E-state index in [1.54, 1.807) is 0 Å². The number of nitrogens with two attached hydrogens (primary N) is 1. The highest BCUT2D eigenvalue weighted by molar-refractivity contribution is 5.83. The molecule has 0 bridgehead atoms. The number of hydrogen-bond acceptors (Lipinski definition) is 3. The molecule has 0 aromatic rings. The molecule has 0 radical (unpaired) electrons. The first kappa shape index (κ1) is 16.4. The number of carbonyl (C=O) groups is 1. The quantitative estimate of drug-likeness (QED) is 0.660. The third-order valence-electron chi connectivity index (χ3n) is 5.14. The number of rotatable bonds is 7. The van der Waals surface area contributed by atoms with Gasteiger partial charge in [0.25, 0.3) is 0 Å². The van der Waals surface area contributed by atoms with Gasteiger partial charge in [-0.15, -0.1) is 0 Å². The van der Waals surface area contributed by atoms with E-state index in [4.69, 9.17) is 5.73 Å². The SMILES string of the molecule is CCC(CC)(CO)CNC(=O)C1(CN)CCCCC1. The molecule has 4 nitrogen and oxygen atoms in total. The smallest absolute Gasteiger partial charge is 0.227 e. The highest BCUT2D eigenvalue weighted by Gasteiger charge is 2.39. The topological polar surface area (TPSA) is 75.3 Å². The lowest BCUT2D eigenvalue weighted by molar-refractivity contribution is -0.133. The van der Waals surface area contributed by atoms with Crippen LogP contribution in [0.1, 0.15) is 58.8 Å². The lowest BCUT2D eigenvalue weighted by Gasteiger charge is -2.37. The van der Waals surface area contributed by atoms with Crippen LogP contribution in [-0.2, 0) is 4.79 Å². The molecule has 0 heterocycles. The van der Waals surface area contributed by atoms with Crippen LogP contribution in [0.5, 0.6) is 0 Å². The Bertz CT molecular complexity index is 274. The van der Waals surface area contributed by atoms with Crippen LogP contribution < -0.4 is 11.1 Å². The monoisotopic (exact) mass is 270 g/mol. The van der Waals surface area contributed by atoms with Gasteiger partial charge in [-0.25, -0.2) is 0 Å². The van der Waals surface area contributed by atoms with Crippen molar-refractivity contribution in [2.75, 3.05) is 19.7 Å². The number of nitrogens with one attached hydrogen (secondary N) is 1. The molecular formula is C15H30N2O2. The average Bonchev–Trinajstić information content (AvgIpc) is 2.49. The first-order valence-corrected chi connectivity index (χ1v) is 7.67. The molecule has 4 heteroatoms. The number of carbonyl (C=O) groups excluding carboxylic acids is 1. The van der Waals surface area contributed by atoms with Gasteiger partial charge in [-0.05, 0) is 25.7 Å². The van der Waals surface area contributed by atoms with Gasteiger partial charge < -0.3 is 16.2 Å². The molecule has 0 aliphatic heterocycles. The number of aliphatic hydroxyl groups is 1. The molecule has 0 unspecified atom stereocenters. The van der Waals surface area contributed by atoms with Crippen molar-refractivity contribution in [1.82, 2.24) is 5.32 Å². The lowest BCUT2D eigenvalue weighted by Crippen LogP contribution is -2.50. The third-order valence-corrected chi connectivity index (χ3v) is 5.14. The van der Waals surface area contributed by atoms with E-state index in [1.165, 1.54) is 6.42 Å². The Morgan fingerprint density at radius 1 is 1.26 bits per heavy atom. The zero-order chi connectivity index (χ0) is 14.4. The fourth-order valence-electron chi connectivity index (χ4n) is 2.99. The summed E-state index contributed by atoms with van der Waals surface area (Å²) in [4.78, 5) is 12.5. The van der Waals surface area contributed by atoms with Crippen molar-refractivity contribution < 1.29 is 9.90 Å². The molecule has 112 valence electrons. The van der Waals surface area contributed by atoms with E-state index >= 15 is 0 Å². The van der Waals surface area contributed by atoms with E-state index in [2.05, 4.69) is 19.2 Å². The van der Waals surface area contributed by atoms with Gasteiger partial charge in [0, 0.05) is 18.5 Å². The van der Waals surface area contributed by atoms with Crippen molar-refractivity contribution in [2.45, 2.75) is 58.8 Å². The van der Waals surface area contributed by atoms with Crippen LogP contribution in [0.25, 0.3) is 0 Å². The van der Waals surface area contributed by atoms with Crippen molar-refractivity contribution >= 4 is 5.91 Å². The molecule has 4 N–H and O–H groups in total. The Morgan fingerprint density at radius 3 is 2.26 bits per heavy atom. The Morgan fingerprint density at radius 2 is 1.84 bits per heavy atom. The second-order valence-corrected chi connectivity index (χ2v) is 6.09. The van der Waals surface area contributed by atoms with Crippen molar-refractivity contribution in [2.24, 2.45) is 16.6 Å². The van der Waals surface area contributed by atoms with Gasteiger partial charge in [-0.1, -0.05) is 33.1 Å². The third kappa shape index (κ3) is 3.69. The van der Waals surface area contributed by atoms with E-state index < -0.39 is 0 Å². The van der Waals surface area contributed by atoms with Crippen LogP contribution in [0.15, 0.2) is 0 Å². The Labute approximate surface area is 117 Å². The lowest BCUT2D eigenvalue weighted by atomic mass is 9.73. The predicted octanol–water partition coefficient (Wildman–Crippen LogP) is 1.81. The highest BCUT2D eigenvalue weighted by atomic mass is 16.3. The fraction of sp³-hybridized carbons (Fsp3) is 0.933. The molecule has 1 amide bonds. The van der Waals surface area contributed by atoms with Crippen LogP contribution in [-0.4, -0.2) is 30.7 Å². The molecule has 0 aromatic carbocycles. The first-order chi connectivity index (χ1) is 9.08. The number of hydrogen-bond donors (Lipinski definition) is 3. The maximum Gasteiger partial charge on any atom is 0.227 e. The van der Waals surface area contributed by atoms with Crippen molar-refractivity contribution in [3.8, 4) is 0 Å². The summed E-state index contributed by atoms with van der Waals surface area (Å²) < 4.78 is 0. The highest BCUT2D eigenvalue weighted by Crippen LogP contribution is 2.36. The van der Waals surface area contributed by atoms with E-state index in [-0.39, 0.29) is 23.3 Å². The summed E-state index contributed by atoms with van der Waals surface area (Å²) in [6.45, 7) is 5.23. The maximum absolute atomic E-state index is 12.5. The first-order valence-electron chi connectivity index (χ1n) is 7.67. The molecular weight excluding hydrogens is 240 g/mol. The largest absolute Gasteiger partial charge is 0.396 e. The van der Waals surface area contributed by atoms with Gasteiger partial charge in [0.1, 0.15) is 0 Å². The summed E-state index contributed by atoms with van der Waals surface area (Å²) >= 11 is 0. The summed E-state index contributed by atoms with van der Waals surface area (Å²) in [5, 5.41) is 12.6. The van der Waals surface area contributed by atoms with Gasteiger partial charge in [0.15, 0.2) is 0 Å². The van der Waals surface area contributed by atoms with E-state index in [1.807, 2.05) is 0 Å². The summed E-state index contributed by atoms with van der Waals surface area (Å²) in [6.07, 6.45) is 6.94. The summed E-state index contributed by atoms with van der Waals surface area (Å²) in [5.41, 5.74) is 5.33. The Hall–Kier alpha value is -0.610. The van der Waals surface area contributed by atoms with Gasteiger partial charge in [-0.2, -0.15) is 0 Å². The molecule has 0 spiro atoms. The van der Waals surface area contributed by atoms with Crippen LogP contribution in [0.2, 0.25) is 0 Å². The summed E-state index contributed by atoms with van der Waals surface area (Å²) in [7, 11) is 0. The van der Waals surface area contributed by atoms with Gasteiger partial charge >= 0.3 is 0 Å². The normalized spacial score (nSPS) is 19.2. The predicted molar refractivity (Wildman–Crippen MR) is 77.7 cm³/mol. The summed E-state index contributed by atoms with van der Waals surface area (Å²) in [5.74, 6) is 0.0921. The molecule has 1 aliphatic rings. The van der Waals surface area contributed by atoms with Crippen molar-refractivity contribution in [3.63, 3.8) is 0 Å². The van der Waals surface area contributed by atoms with Gasteiger partial charge in [0.05, 0.1) is 12.0 Å². The molecule has 1 rings (SSSR count). The van der Waals surface area contributed by atoms with Gasteiger partial charge in [0.2, 0.25) is 5.91 Å². The molecule has 1 saturated carbocycles. The van der Waals surface area contributed by atoms with Crippen LogP contribution >= 0.6 is 0 Å². The zero-order valence-corrected chi connectivity index (χ0v) is 12.5. The maximum atomic E-state index is 12.5. The van der Waals surface area contributed by atoms with Crippen molar-refractivity contribution in [3.05, 3.63) is 0 Å². The van der Waals surface area contributed by atoms with Crippen molar-refractivity contribution in [1.29, 1.82) is 0 Å². The summed E-state index contributed by atoms with van der Waals surface area (Å²) in [6, 6.07) is 0. The molecule has 19 heavy (non-hydrogen) atoms. The molecule has 1 fully saturated rings. The Kier molecular flexibility index (Phi) is 6.27. The van der Waals surface area contributed by atoms with E-state index in [0.717, 1.165) is 38.5 Å². The minimum Gasteiger partial charge on any atom is -0.396 e. The molecule has 0 aromatic heterocycles. The standard InChI is InChI=1S/C15H30N2O2/c1-3-14(4-2,12-18)11-17-13(19)15(10-16)8-6-5-7-9-15/h18H,3-12,16H2,1-2H3,(H,17,19). The second-order valence-electron chi connectivity index (χ2n) is 6.09. The minimum atomic E-state index is -0.360. The number of aliphatic hydroxyl groups excluding tert-OH is 1. The Balaban J connectivity index is 2.62. The van der Waals surface area contributed by atoms with E-state index in [0.29, 0.717) is 13.1 Å². The average molecular weight is 270 g/mol. The van der Waals surface area contributed by atoms with E-state index in [9.17, 15) is 9.90 Å². The second kappa shape index (κ2) is 7.25. The van der Waals surface area contributed by atoms with Crippen LogP contribution in [0.3, 0.4) is 0 Å². The molecule has 1 aliphatic carbocycles. The van der Waals surface area contributed by atoms with Crippen LogP contribution in [0, 0.1) is 10.8 Å². The molecule has 0 atom stereocenters. The molecule has 0 saturated heterocycles. The number of amides is 1. The zero-order valence-electron chi connectivity index (χ0n) is 12.5.